The average Bonchev–Trinajstić information content (AvgIpc) is 3.28. The highest BCUT2D eigenvalue weighted by Crippen LogP contribution is 2.43. The first-order valence-electron chi connectivity index (χ1n) is 8.28. The Balaban J connectivity index is 0.00000147. The highest BCUT2D eigenvalue weighted by molar-refractivity contribution is 5.85. The summed E-state index contributed by atoms with van der Waals surface area (Å²) in [4.78, 5) is 12.4. The molecule has 3 saturated carbocycles. The van der Waals surface area contributed by atoms with E-state index in [1.807, 2.05) is 0 Å². The molecule has 1 amide bonds. The maximum Gasteiger partial charge on any atom is 0.223 e. The molecular formula is C16H29ClN2O. The summed E-state index contributed by atoms with van der Waals surface area (Å²) in [5, 5.41) is 3.23. The standard InChI is InChI=1S/C16H28N2O.ClH/c17-10-15(12-6-7-12)18-16(19)14-8-5-11-3-1-2-4-13(11)9-14;/h11-15H,1-10,17H2,(H,18,19);1H. The van der Waals surface area contributed by atoms with Crippen LogP contribution in [0.25, 0.3) is 0 Å². The minimum atomic E-state index is 0. The number of amides is 1. The summed E-state index contributed by atoms with van der Waals surface area (Å²) in [5.74, 6) is 2.99. The maximum atomic E-state index is 12.4. The van der Waals surface area contributed by atoms with Crippen molar-refractivity contribution in [1.82, 2.24) is 5.32 Å². The first kappa shape index (κ1) is 16.1. The summed E-state index contributed by atoms with van der Waals surface area (Å²) < 4.78 is 0. The number of rotatable bonds is 4. The van der Waals surface area contributed by atoms with Gasteiger partial charge in [-0.05, 0) is 49.9 Å². The van der Waals surface area contributed by atoms with Crippen LogP contribution in [-0.2, 0) is 4.79 Å². The summed E-state index contributed by atoms with van der Waals surface area (Å²) in [6, 6.07) is 0.247. The number of hydrogen-bond donors (Lipinski definition) is 2. The summed E-state index contributed by atoms with van der Waals surface area (Å²) in [6.07, 6.45) is 11.6. The van der Waals surface area contributed by atoms with E-state index in [0.29, 0.717) is 18.4 Å². The van der Waals surface area contributed by atoms with Gasteiger partial charge in [0.25, 0.3) is 0 Å². The summed E-state index contributed by atoms with van der Waals surface area (Å²) in [5.41, 5.74) is 5.78. The average molecular weight is 301 g/mol. The quantitative estimate of drug-likeness (QED) is 0.839. The molecule has 116 valence electrons. The first-order chi connectivity index (χ1) is 9.28. The largest absolute Gasteiger partial charge is 0.352 e. The predicted octanol–water partition coefficient (Wildman–Crippen LogP) is 2.87. The summed E-state index contributed by atoms with van der Waals surface area (Å²) in [7, 11) is 0. The molecule has 3 N–H and O–H groups in total. The molecule has 0 bridgehead atoms. The molecule has 0 saturated heterocycles. The molecule has 4 heteroatoms. The van der Waals surface area contributed by atoms with Crippen molar-refractivity contribution in [2.45, 2.75) is 63.8 Å². The minimum Gasteiger partial charge on any atom is -0.352 e. The molecule has 3 rings (SSSR count). The molecule has 0 radical (unpaired) electrons. The third-order valence-electron chi connectivity index (χ3n) is 5.68. The van der Waals surface area contributed by atoms with Crippen LogP contribution in [0, 0.1) is 23.7 Å². The van der Waals surface area contributed by atoms with Crippen LogP contribution in [-0.4, -0.2) is 18.5 Å². The lowest BCUT2D eigenvalue weighted by atomic mass is 9.67. The molecule has 20 heavy (non-hydrogen) atoms. The molecule has 3 fully saturated rings. The van der Waals surface area contributed by atoms with E-state index in [1.54, 1.807) is 0 Å². The Bertz CT molecular complexity index is 332. The Kier molecular flexibility index (Phi) is 5.74. The number of nitrogens with two attached hydrogens (primary N) is 1. The second kappa shape index (κ2) is 7.13. The predicted molar refractivity (Wildman–Crippen MR) is 83.7 cm³/mol. The van der Waals surface area contributed by atoms with Crippen LogP contribution >= 0.6 is 12.4 Å². The van der Waals surface area contributed by atoms with Crippen LogP contribution < -0.4 is 11.1 Å². The lowest BCUT2D eigenvalue weighted by molar-refractivity contribution is -0.128. The van der Waals surface area contributed by atoms with Gasteiger partial charge >= 0.3 is 0 Å². The van der Waals surface area contributed by atoms with Gasteiger partial charge in [0.1, 0.15) is 0 Å². The molecule has 0 aliphatic heterocycles. The van der Waals surface area contributed by atoms with Crippen LogP contribution in [0.2, 0.25) is 0 Å². The molecule has 4 unspecified atom stereocenters. The molecule has 4 atom stereocenters. The third-order valence-corrected chi connectivity index (χ3v) is 5.68. The van der Waals surface area contributed by atoms with Gasteiger partial charge in [0, 0.05) is 18.5 Å². The second-order valence-corrected chi connectivity index (χ2v) is 7.00. The van der Waals surface area contributed by atoms with Crippen LogP contribution in [0.4, 0.5) is 0 Å². The Morgan fingerprint density at radius 1 is 1.05 bits per heavy atom. The molecule has 0 aromatic carbocycles. The van der Waals surface area contributed by atoms with Gasteiger partial charge < -0.3 is 11.1 Å². The monoisotopic (exact) mass is 300 g/mol. The van der Waals surface area contributed by atoms with Crippen molar-refractivity contribution in [3.63, 3.8) is 0 Å². The van der Waals surface area contributed by atoms with Gasteiger partial charge in [-0.25, -0.2) is 0 Å². The molecule has 0 spiro atoms. The van der Waals surface area contributed by atoms with Gasteiger partial charge in [0.05, 0.1) is 0 Å². The van der Waals surface area contributed by atoms with Crippen LogP contribution in [0.3, 0.4) is 0 Å². The molecule has 0 aromatic rings. The Labute approximate surface area is 128 Å². The van der Waals surface area contributed by atoms with Gasteiger partial charge in [-0.3, -0.25) is 4.79 Å². The second-order valence-electron chi connectivity index (χ2n) is 7.00. The lowest BCUT2D eigenvalue weighted by Crippen LogP contribution is -2.46. The zero-order valence-corrected chi connectivity index (χ0v) is 13.2. The van der Waals surface area contributed by atoms with Crippen molar-refractivity contribution in [2.75, 3.05) is 6.54 Å². The van der Waals surface area contributed by atoms with E-state index < -0.39 is 0 Å². The fraction of sp³-hybridized carbons (Fsp3) is 0.938. The van der Waals surface area contributed by atoms with Gasteiger partial charge in [-0.1, -0.05) is 25.7 Å². The molecule has 3 aliphatic rings. The topological polar surface area (TPSA) is 55.1 Å². The number of carbonyl (C=O) groups excluding carboxylic acids is 1. The highest BCUT2D eigenvalue weighted by atomic mass is 35.5. The van der Waals surface area contributed by atoms with Crippen LogP contribution in [0.1, 0.15) is 57.8 Å². The van der Waals surface area contributed by atoms with E-state index in [9.17, 15) is 4.79 Å². The number of fused-ring (bicyclic) bond motifs is 1. The third kappa shape index (κ3) is 3.67. The van der Waals surface area contributed by atoms with Crippen LogP contribution in [0.5, 0.6) is 0 Å². The molecule has 0 aromatic heterocycles. The smallest absolute Gasteiger partial charge is 0.223 e. The van der Waals surface area contributed by atoms with Crippen molar-refractivity contribution >= 4 is 18.3 Å². The molecular weight excluding hydrogens is 272 g/mol. The molecule has 3 nitrogen and oxygen atoms in total. The van der Waals surface area contributed by atoms with Crippen LogP contribution in [0.15, 0.2) is 0 Å². The number of halogens is 1. The van der Waals surface area contributed by atoms with E-state index in [-0.39, 0.29) is 24.4 Å². The van der Waals surface area contributed by atoms with E-state index in [1.165, 1.54) is 44.9 Å². The SMILES string of the molecule is Cl.NCC(NC(=O)C1CCC2CCCCC2C1)C1CC1. The Morgan fingerprint density at radius 3 is 2.40 bits per heavy atom. The maximum absolute atomic E-state index is 12.4. The van der Waals surface area contributed by atoms with E-state index in [0.717, 1.165) is 24.7 Å². The molecule has 0 heterocycles. The fourth-order valence-corrected chi connectivity index (χ4v) is 4.28. The van der Waals surface area contributed by atoms with E-state index in [4.69, 9.17) is 5.73 Å². The zero-order chi connectivity index (χ0) is 13.2. The Hall–Kier alpha value is -0.280. The van der Waals surface area contributed by atoms with Crippen molar-refractivity contribution in [2.24, 2.45) is 29.4 Å². The van der Waals surface area contributed by atoms with Gasteiger partial charge in [-0.15, -0.1) is 12.4 Å². The van der Waals surface area contributed by atoms with Gasteiger partial charge in [-0.2, -0.15) is 0 Å². The highest BCUT2D eigenvalue weighted by Gasteiger charge is 2.37. The number of carbonyl (C=O) groups is 1. The first-order valence-corrected chi connectivity index (χ1v) is 8.28. The van der Waals surface area contributed by atoms with Crippen molar-refractivity contribution in [1.29, 1.82) is 0 Å². The van der Waals surface area contributed by atoms with Crippen molar-refractivity contribution in [3.8, 4) is 0 Å². The van der Waals surface area contributed by atoms with E-state index >= 15 is 0 Å². The lowest BCUT2D eigenvalue weighted by Gasteiger charge is -2.39. The normalized spacial score (nSPS) is 34.5. The summed E-state index contributed by atoms with van der Waals surface area (Å²) >= 11 is 0. The summed E-state index contributed by atoms with van der Waals surface area (Å²) in [6.45, 7) is 0.606. The van der Waals surface area contributed by atoms with Gasteiger partial charge in [0.2, 0.25) is 5.91 Å². The number of hydrogen-bond acceptors (Lipinski definition) is 2. The van der Waals surface area contributed by atoms with Gasteiger partial charge in [0.15, 0.2) is 0 Å². The zero-order valence-electron chi connectivity index (χ0n) is 12.4. The molecule has 3 aliphatic carbocycles. The Morgan fingerprint density at radius 2 is 1.75 bits per heavy atom. The fourth-order valence-electron chi connectivity index (χ4n) is 4.28. The number of nitrogens with one attached hydrogen (secondary N) is 1. The van der Waals surface area contributed by atoms with Crippen molar-refractivity contribution < 1.29 is 4.79 Å². The van der Waals surface area contributed by atoms with Crippen molar-refractivity contribution in [3.05, 3.63) is 0 Å². The van der Waals surface area contributed by atoms with E-state index in [2.05, 4.69) is 5.32 Å². The minimum absolute atomic E-state index is 0.